The molecule has 2 amide bonds. The van der Waals surface area contributed by atoms with Crippen LogP contribution in [0.25, 0.3) is 0 Å². The van der Waals surface area contributed by atoms with E-state index in [1.54, 1.807) is 11.9 Å². The first-order chi connectivity index (χ1) is 10.6. The lowest BCUT2D eigenvalue weighted by molar-refractivity contribution is -0.165. The number of hydrogen-bond donors (Lipinski definition) is 1. The summed E-state index contributed by atoms with van der Waals surface area (Å²) in [5.74, 6) is 0.608. The molecule has 124 valence electrons. The van der Waals surface area contributed by atoms with Gasteiger partial charge in [0.25, 0.3) is 0 Å². The Morgan fingerprint density at radius 1 is 1.09 bits per heavy atom. The van der Waals surface area contributed by atoms with Gasteiger partial charge in [0.15, 0.2) is 0 Å². The van der Waals surface area contributed by atoms with Gasteiger partial charge in [0.2, 0.25) is 11.8 Å². The zero-order valence-electron chi connectivity index (χ0n) is 13.4. The smallest absolute Gasteiger partial charge is 0.248 e. The number of nitrogens with zero attached hydrogens (tertiary/aromatic N) is 3. The van der Waals surface area contributed by atoms with Gasteiger partial charge in [0.05, 0.1) is 6.61 Å². The van der Waals surface area contributed by atoms with Crippen LogP contribution in [0.15, 0.2) is 0 Å². The van der Waals surface area contributed by atoms with Gasteiger partial charge in [-0.2, -0.15) is 0 Å². The zero-order valence-corrected chi connectivity index (χ0v) is 13.4. The van der Waals surface area contributed by atoms with E-state index in [1.807, 2.05) is 0 Å². The number of aliphatic hydroxyl groups excluding tert-OH is 1. The predicted octanol–water partition coefficient (Wildman–Crippen LogP) is -0.0876. The Kier molecular flexibility index (Phi) is 4.68. The highest BCUT2D eigenvalue weighted by Gasteiger charge is 2.46. The van der Waals surface area contributed by atoms with Gasteiger partial charge < -0.3 is 14.9 Å². The lowest BCUT2D eigenvalue weighted by atomic mass is 9.88. The van der Waals surface area contributed by atoms with Crippen LogP contribution in [0.3, 0.4) is 0 Å². The van der Waals surface area contributed by atoms with Crippen LogP contribution < -0.4 is 0 Å². The summed E-state index contributed by atoms with van der Waals surface area (Å²) in [5.41, 5.74) is 0. The van der Waals surface area contributed by atoms with Gasteiger partial charge in [-0.3, -0.25) is 14.5 Å². The van der Waals surface area contributed by atoms with Crippen molar-refractivity contribution in [1.29, 1.82) is 0 Å². The SMILES string of the molecule is CN1C(=O)[C@H]2CN(CC3CCCCC3)CCN2C(=O)[C@@H]1CO. The fraction of sp³-hybridized carbons (Fsp3) is 0.875. The molecule has 0 aromatic carbocycles. The molecule has 2 atom stereocenters. The molecule has 2 saturated heterocycles. The fourth-order valence-corrected chi connectivity index (χ4v) is 4.16. The summed E-state index contributed by atoms with van der Waals surface area (Å²) in [5, 5.41) is 9.36. The minimum atomic E-state index is -0.700. The lowest BCUT2D eigenvalue weighted by Gasteiger charge is -2.48. The molecule has 1 N–H and O–H groups in total. The third kappa shape index (κ3) is 2.86. The van der Waals surface area contributed by atoms with Crippen molar-refractivity contribution in [3.05, 3.63) is 0 Å². The van der Waals surface area contributed by atoms with Crippen molar-refractivity contribution in [3.8, 4) is 0 Å². The van der Waals surface area contributed by atoms with E-state index in [9.17, 15) is 14.7 Å². The van der Waals surface area contributed by atoms with E-state index in [4.69, 9.17) is 0 Å². The quantitative estimate of drug-likeness (QED) is 0.791. The summed E-state index contributed by atoms with van der Waals surface area (Å²) < 4.78 is 0. The van der Waals surface area contributed by atoms with Crippen LogP contribution >= 0.6 is 0 Å². The van der Waals surface area contributed by atoms with Gasteiger partial charge in [-0.1, -0.05) is 19.3 Å². The zero-order chi connectivity index (χ0) is 15.7. The summed E-state index contributed by atoms with van der Waals surface area (Å²) in [6, 6.07) is -1.06. The second-order valence-corrected chi connectivity index (χ2v) is 6.96. The Bertz CT molecular complexity index is 436. The second-order valence-electron chi connectivity index (χ2n) is 6.96. The molecule has 6 heteroatoms. The van der Waals surface area contributed by atoms with Crippen molar-refractivity contribution in [2.75, 3.05) is 39.8 Å². The molecular formula is C16H27N3O3. The highest BCUT2D eigenvalue weighted by atomic mass is 16.3. The van der Waals surface area contributed by atoms with Crippen LogP contribution in [0, 0.1) is 5.92 Å². The Morgan fingerprint density at radius 2 is 1.82 bits per heavy atom. The number of likely N-dealkylation sites (N-methyl/N-ethyl adjacent to an activating group) is 1. The number of carbonyl (C=O) groups is 2. The number of fused-ring (bicyclic) bond motifs is 1. The summed E-state index contributed by atoms with van der Waals surface area (Å²) in [7, 11) is 1.62. The average molecular weight is 309 g/mol. The van der Waals surface area contributed by atoms with Gasteiger partial charge in [0, 0.05) is 33.2 Å². The van der Waals surface area contributed by atoms with Crippen LogP contribution in [0.1, 0.15) is 32.1 Å². The Labute approximate surface area is 132 Å². The summed E-state index contributed by atoms with van der Waals surface area (Å²) >= 11 is 0. The van der Waals surface area contributed by atoms with Crippen molar-refractivity contribution >= 4 is 11.8 Å². The number of rotatable bonds is 3. The Morgan fingerprint density at radius 3 is 2.50 bits per heavy atom. The van der Waals surface area contributed by atoms with Crippen LogP contribution in [-0.4, -0.2) is 83.5 Å². The predicted molar refractivity (Wildman–Crippen MR) is 82.2 cm³/mol. The number of piperazine rings is 2. The van der Waals surface area contributed by atoms with Crippen molar-refractivity contribution in [2.45, 2.75) is 44.2 Å². The van der Waals surface area contributed by atoms with Crippen molar-refractivity contribution in [1.82, 2.24) is 14.7 Å². The summed E-state index contributed by atoms with van der Waals surface area (Å²) in [6.07, 6.45) is 6.60. The van der Waals surface area contributed by atoms with Gasteiger partial charge in [0.1, 0.15) is 12.1 Å². The molecular weight excluding hydrogens is 282 g/mol. The molecule has 0 spiro atoms. The molecule has 0 radical (unpaired) electrons. The van der Waals surface area contributed by atoms with Crippen molar-refractivity contribution in [3.63, 3.8) is 0 Å². The summed E-state index contributed by atoms with van der Waals surface area (Å²) in [4.78, 5) is 30.4. The van der Waals surface area contributed by atoms with Gasteiger partial charge in [-0.05, 0) is 18.8 Å². The number of carbonyl (C=O) groups excluding carboxylic acids is 2. The fourth-order valence-electron chi connectivity index (χ4n) is 4.16. The molecule has 0 aromatic heterocycles. The molecule has 0 bridgehead atoms. The van der Waals surface area contributed by atoms with E-state index in [2.05, 4.69) is 4.90 Å². The first kappa shape index (κ1) is 15.7. The Hall–Kier alpha value is -1.14. The van der Waals surface area contributed by atoms with E-state index in [-0.39, 0.29) is 24.5 Å². The molecule has 2 aliphatic heterocycles. The second kappa shape index (κ2) is 6.54. The standard InChI is InChI=1S/C16H27N3O3/c1-17-14(11-20)16(22)19-8-7-18(10-13(19)15(17)21)9-12-5-3-2-4-6-12/h12-14,20H,2-11H2,1H3/t13-,14+/m1/s1. The van der Waals surface area contributed by atoms with Crippen molar-refractivity contribution < 1.29 is 14.7 Å². The molecule has 3 fully saturated rings. The third-order valence-electron chi connectivity index (χ3n) is 5.55. The minimum Gasteiger partial charge on any atom is -0.394 e. The van der Waals surface area contributed by atoms with E-state index in [1.165, 1.54) is 37.0 Å². The molecule has 22 heavy (non-hydrogen) atoms. The van der Waals surface area contributed by atoms with Crippen LogP contribution in [-0.2, 0) is 9.59 Å². The van der Waals surface area contributed by atoms with Crippen molar-refractivity contribution in [2.24, 2.45) is 5.92 Å². The first-order valence-corrected chi connectivity index (χ1v) is 8.52. The maximum absolute atomic E-state index is 12.5. The molecule has 2 heterocycles. The molecule has 3 rings (SSSR count). The largest absolute Gasteiger partial charge is 0.394 e. The molecule has 0 unspecified atom stereocenters. The minimum absolute atomic E-state index is 0.0352. The van der Waals surface area contributed by atoms with E-state index >= 15 is 0 Å². The molecule has 3 aliphatic rings. The van der Waals surface area contributed by atoms with E-state index in [0.29, 0.717) is 13.1 Å². The molecule has 1 aliphatic carbocycles. The highest BCUT2D eigenvalue weighted by Crippen LogP contribution is 2.26. The van der Waals surface area contributed by atoms with E-state index in [0.717, 1.165) is 19.0 Å². The highest BCUT2D eigenvalue weighted by molar-refractivity contribution is 5.97. The monoisotopic (exact) mass is 309 g/mol. The topological polar surface area (TPSA) is 64.1 Å². The molecule has 6 nitrogen and oxygen atoms in total. The number of amides is 2. The Balaban J connectivity index is 1.64. The van der Waals surface area contributed by atoms with E-state index < -0.39 is 6.04 Å². The molecule has 0 aromatic rings. The first-order valence-electron chi connectivity index (χ1n) is 8.52. The van der Waals surface area contributed by atoms with Gasteiger partial charge >= 0.3 is 0 Å². The maximum Gasteiger partial charge on any atom is 0.248 e. The normalized spacial score (nSPS) is 31.5. The van der Waals surface area contributed by atoms with Crippen LogP contribution in [0.5, 0.6) is 0 Å². The molecule has 1 saturated carbocycles. The number of hydrogen-bond acceptors (Lipinski definition) is 4. The van der Waals surface area contributed by atoms with Gasteiger partial charge in [-0.25, -0.2) is 0 Å². The van der Waals surface area contributed by atoms with Gasteiger partial charge in [-0.15, -0.1) is 0 Å². The third-order valence-corrected chi connectivity index (χ3v) is 5.55. The maximum atomic E-state index is 12.5. The summed E-state index contributed by atoms with van der Waals surface area (Å²) in [6.45, 7) is 2.85. The van der Waals surface area contributed by atoms with Crippen LogP contribution in [0.2, 0.25) is 0 Å². The number of aliphatic hydroxyl groups is 1. The van der Waals surface area contributed by atoms with Crippen LogP contribution in [0.4, 0.5) is 0 Å². The lowest BCUT2D eigenvalue weighted by Crippen LogP contribution is -2.70. The average Bonchev–Trinajstić information content (AvgIpc) is 2.54.